The number of amides is 1. The lowest BCUT2D eigenvalue weighted by Gasteiger charge is -2.31. The van der Waals surface area contributed by atoms with Gasteiger partial charge in [-0.1, -0.05) is 27.7 Å². The number of hydrogen-bond acceptors (Lipinski definition) is 3. The molecule has 0 fully saturated rings. The molecule has 0 bridgehead atoms. The Morgan fingerprint density at radius 2 is 1.76 bits per heavy atom. The number of carbonyl (C=O) groups excluding carboxylic acids is 1. The van der Waals surface area contributed by atoms with Gasteiger partial charge in [-0.25, -0.2) is 0 Å². The van der Waals surface area contributed by atoms with Crippen LogP contribution in [-0.2, 0) is 11.2 Å². The third-order valence-electron chi connectivity index (χ3n) is 3.66. The highest BCUT2D eigenvalue weighted by molar-refractivity contribution is 5.95. The average Bonchev–Trinajstić information content (AvgIpc) is 2.36. The molecule has 1 aliphatic heterocycles. The summed E-state index contributed by atoms with van der Waals surface area (Å²) in [5.74, 6) is 1.22. The molecule has 0 saturated carbocycles. The van der Waals surface area contributed by atoms with Gasteiger partial charge in [0.15, 0.2) is 0 Å². The van der Waals surface area contributed by atoms with E-state index in [1.807, 2.05) is 12.1 Å². The van der Waals surface area contributed by atoms with Gasteiger partial charge in [-0.05, 0) is 36.0 Å². The molecule has 0 saturated heterocycles. The third kappa shape index (κ3) is 3.90. The Morgan fingerprint density at radius 3 is 2.33 bits per heavy atom. The summed E-state index contributed by atoms with van der Waals surface area (Å²) in [5.41, 5.74) is 10.2. The molecule has 21 heavy (non-hydrogen) atoms. The minimum atomic E-state index is 0.0949. The topological polar surface area (TPSA) is 58.4 Å². The smallest absolute Gasteiger partial charge is 0.224 e. The van der Waals surface area contributed by atoms with Crippen LogP contribution < -0.4 is 16.0 Å². The van der Waals surface area contributed by atoms with E-state index >= 15 is 0 Å². The van der Waals surface area contributed by atoms with Gasteiger partial charge in [0.05, 0.1) is 11.4 Å². The molecule has 3 N–H and O–H groups in total. The second kappa shape index (κ2) is 6.37. The van der Waals surface area contributed by atoms with Gasteiger partial charge in [-0.2, -0.15) is 0 Å². The van der Waals surface area contributed by atoms with Gasteiger partial charge < -0.3 is 16.0 Å². The van der Waals surface area contributed by atoms with E-state index in [1.54, 1.807) is 0 Å². The van der Waals surface area contributed by atoms with E-state index < -0.39 is 0 Å². The van der Waals surface area contributed by atoms with E-state index in [4.69, 9.17) is 5.73 Å². The number of benzene rings is 1. The van der Waals surface area contributed by atoms with Crippen molar-refractivity contribution >= 4 is 23.0 Å². The summed E-state index contributed by atoms with van der Waals surface area (Å²) >= 11 is 0. The Morgan fingerprint density at radius 1 is 1.14 bits per heavy atom. The van der Waals surface area contributed by atoms with Crippen molar-refractivity contribution in [2.24, 2.45) is 11.8 Å². The Labute approximate surface area is 127 Å². The number of nitrogens with two attached hydrogens (primary N) is 1. The van der Waals surface area contributed by atoms with E-state index in [0.29, 0.717) is 18.3 Å². The van der Waals surface area contributed by atoms with Crippen LogP contribution in [0.25, 0.3) is 0 Å². The highest BCUT2D eigenvalue weighted by Gasteiger charge is 2.20. The Balaban J connectivity index is 2.35. The second-order valence-electron chi connectivity index (χ2n) is 6.81. The van der Waals surface area contributed by atoms with Crippen LogP contribution in [0.3, 0.4) is 0 Å². The monoisotopic (exact) mass is 289 g/mol. The van der Waals surface area contributed by atoms with Crippen LogP contribution in [0.5, 0.6) is 0 Å². The van der Waals surface area contributed by atoms with E-state index in [1.165, 1.54) is 0 Å². The van der Waals surface area contributed by atoms with Crippen molar-refractivity contribution in [3.05, 3.63) is 17.7 Å². The molecular weight excluding hydrogens is 262 g/mol. The first kappa shape index (κ1) is 15.7. The number of fused-ring (bicyclic) bond motifs is 1. The van der Waals surface area contributed by atoms with Crippen LogP contribution >= 0.6 is 0 Å². The van der Waals surface area contributed by atoms with E-state index in [-0.39, 0.29) is 5.91 Å². The molecule has 1 aromatic rings. The van der Waals surface area contributed by atoms with Crippen LogP contribution in [0.2, 0.25) is 0 Å². The zero-order chi connectivity index (χ0) is 15.6. The summed E-state index contributed by atoms with van der Waals surface area (Å²) in [5, 5.41) is 2.97. The van der Waals surface area contributed by atoms with Gasteiger partial charge >= 0.3 is 0 Å². The molecule has 1 aliphatic rings. The number of nitrogens with zero attached hydrogens (tertiary/aromatic N) is 1. The summed E-state index contributed by atoms with van der Waals surface area (Å²) in [7, 11) is 0. The number of carbonyl (C=O) groups is 1. The maximum absolute atomic E-state index is 11.6. The highest BCUT2D eigenvalue weighted by atomic mass is 16.1. The normalized spacial score (nSPS) is 14.3. The van der Waals surface area contributed by atoms with Gasteiger partial charge in [0.1, 0.15) is 0 Å². The second-order valence-corrected chi connectivity index (χ2v) is 6.81. The van der Waals surface area contributed by atoms with Crippen LogP contribution in [0.4, 0.5) is 17.1 Å². The molecule has 0 aromatic heterocycles. The van der Waals surface area contributed by atoms with Gasteiger partial charge in [0, 0.05) is 25.2 Å². The van der Waals surface area contributed by atoms with E-state index in [2.05, 4.69) is 37.9 Å². The minimum absolute atomic E-state index is 0.0949. The van der Waals surface area contributed by atoms with Crippen LogP contribution in [0, 0.1) is 11.8 Å². The number of rotatable bonds is 5. The predicted octanol–water partition coefficient (Wildman–Crippen LogP) is 3.27. The molecule has 116 valence electrons. The lowest BCUT2D eigenvalue weighted by atomic mass is 10.00. The number of nitrogens with one attached hydrogen (secondary N) is 1. The molecule has 0 atom stereocenters. The minimum Gasteiger partial charge on any atom is -0.397 e. The van der Waals surface area contributed by atoms with Crippen LogP contribution in [-0.4, -0.2) is 19.0 Å². The third-order valence-corrected chi connectivity index (χ3v) is 3.66. The van der Waals surface area contributed by atoms with Crippen LogP contribution in [0.1, 0.15) is 39.7 Å². The first-order valence-electron chi connectivity index (χ1n) is 7.84. The van der Waals surface area contributed by atoms with Crippen molar-refractivity contribution < 1.29 is 4.79 Å². The van der Waals surface area contributed by atoms with Crippen molar-refractivity contribution in [2.75, 3.05) is 29.0 Å². The fourth-order valence-corrected chi connectivity index (χ4v) is 2.86. The van der Waals surface area contributed by atoms with Gasteiger partial charge in [-0.15, -0.1) is 0 Å². The van der Waals surface area contributed by atoms with E-state index in [0.717, 1.165) is 42.1 Å². The van der Waals surface area contributed by atoms with Gasteiger partial charge in [-0.3, -0.25) is 4.79 Å². The first-order chi connectivity index (χ1) is 9.86. The molecule has 2 rings (SSSR count). The Kier molecular flexibility index (Phi) is 4.76. The molecule has 1 aromatic carbocycles. The molecule has 1 heterocycles. The maximum atomic E-state index is 11.6. The molecule has 0 radical (unpaired) electrons. The van der Waals surface area contributed by atoms with Crippen molar-refractivity contribution in [1.82, 2.24) is 0 Å². The number of hydrogen-bond donors (Lipinski definition) is 2. The van der Waals surface area contributed by atoms with E-state index in [9.17, 15) is 4.79 Å². The summed E-state index contributed by atoms with van der Waals surface area (Å²) in [4.78, 5) is 13.9. The number of anilines is 3. The molecule has 4 nitrogen and oxygen atoms in total. The lowest BCUT2D eigenvalue weighted by Crippen LogP contribution is -2.32. The fraction of sp³-hybridized carbons (Fsp3) is 0.588. The van der Waals surface area contributed by atoms with Crippen molar-refractivity contribution in [3.63, 3.8) is 0 Å². The standard InChI is InChI=1S/C17H27N3O/c1-11(2)9-20(10-12(3)4)16-8-15-13(7-14(16)18)5-6-17(21)19-15/h7-8,11-12H,5-6,9-10,18H2,1-4H3,(H,19,21). The predicted molar refractivity (Wildman–Crippen MR) is 89.7 cm³/mol. The van der Waals surface area contributed by atoms with Crippen molar-refractivity contribution in [2.45, 2.75) is 40.5 Å². The zero-order valence-electron chi connectivity index (χ0n) is 13.6. The first-order valence-corrected chi connectivity index (χ1v) is 7.84. The van der Waals surface area contributed by atoms with Crippen molar-refractivity contribution in [1.29, 1.82) is 0 Å². The maximum Gasteiger partial charge on any atom is 0.224 e. The molecule has 0 aliphatic carbocycles. The summed E-state index contributed by atoms with van der Waals surface area (Å²) in [6.07, 6.45) is 1.33. The highest BCUT2D eigenvalue weighted by Crippen LogP contribution is 2.34. The molecule has 0 unspecified atom stereocenters. The molecule has 0 spiro atoms. The quantitative estimate of drug-likeness (QED) is 0.818. The lowest BCUT2D eigenvalue weighted by molar-refractivity contribution is -0.116. The SMILES string of the molecule is CC(C)CN(CC(C)C)c1cc2c(cc1N)CCC(=O)N2. The van der Waals surface area contributed by atoms with Gasteiger partial charge in [0.2, 0.25) is 5.91 Å². The fourth-order valence-electron chi connectivity index (χ4n) is 2.86. The number of nitrogen functional groups attached to an aromatic ring is 1. The van der Waals surface area contributed by atoms with Gasteiger partial charge in [0.25, 0.3) is 0 Å². The van der Waals surface area contributed by atoms with Crippen LogP contribution in [0.15, 0.2) is 12.1 Å². The average molecular weight is 289 g/mol. The molecule has 1 amide bonds. The summed E-state index contributed by atoms with van der Waals surface area (Å²) in [6.45, 7) is 10.8. The Hall–Kier alpha value is -1.71. The zero-order valence-corrected chi connectivity index (χ0v) is 13.6. The molecule has 4 heteroatoms. The summed E-state index contributed by atoms with van der Waals surface area (Å²) in [6, 6.07) is 4.07. The Bertz CT molecular complexity index is 513. The molecular formula is C17H27N3O. The number of aryl methyl sites for hydroxylation is 1. The summed E-state index contributed by atoms with van der Waals surface area (Å²) < 4.78 is 0. The largest absolute Gasteiger partial charge is 0.397 e. The van der Waals surface area contributed by atoms with Crippen molar-refractivity contribution in [3.8, 4) is 0 Å².